The molecule has 0 bridgehead atoms. The van der Waals surface area contributed by atoms with E-state index in [-0.39, 0.29) is 17.9 Å². The maximum Gasteiger partial charge on any atom is 0.323 e. The quantitative estimate of drug-likeness (QED) is 0.694. The maximum atomic E-state index is 12.3. The minimum atomic E-state index is -3.82. The molecule has 0 spiro atoms. The number of nitrogens with one attached hydrogen (secondary N) is 1. The molecule has 1 heterocycles. The van der Waals surface area contributed by atoms with E-state index in [1.54, 1.807) is 0 Å². The van der Waals surface area contributed by atoms with Crippen molar-refractivity contribution in [2.75, 3.05) is 33.4 Å². The van der Waals surface area contributed by atoms with Crippen molar-refractivity contribution in [3.05, 3.63) is 18.2 Å². The predicted octanol–water partition coefficient (Wildman–Crippen LogP) is 0.0593. The van der Waals surface area contributed by atoms with E-state index in [1.165, 1.54) is 25.2 Å². The normalized spacial score (nSPS) is 13.8. The number of nitrogens with zero attached hydrogens (tertiary/aromatic N) is 1. The molecule has 138 valence electrons. The third-order valence-corrected chi connectivity index (χ3v) is 4.92. The van der Waals surface area contributed by atoms with Gasteiger partial charge >= 0.3 is 5.97 Å². The molecule has 0 radical (unpaired) electrons. The molecule has 0 saturated carbocycles. The van der Waals surface area contributed by atoms with Gasteiger partial charge in [0.1, 0.15) is 6.54 Å². The topological polar surface area (TPSA) is 122 Å². The lowest BCUT2D eigenvalue weighted by Crippen LogP contribution is -2.35. The van der Waals surface area contributed by atoms with Crippen molar-refractivity contribution >= 4 is 21.9 Å². The zero-order valence-corrected chi connectivity index (χ0v) is 14.5. The summed E-state index contributed by atoms with van der Waals surface area (Å²) in [6.07, 6.45) is 0.564. The van der Waals surface area contributed by atoms with Gasteiger partial charge in [0.05, 0.1) is 18.1 Å². The second-order valence-electron chi connectivity index (χ2n) is 5.45. The third-order valence-electron chi connectivity index (χ3n) is 3.46. The van der Waals surface area contributed by atoms with Crippen LogP contribution in [0.1, 0.15) is 12.8 Å². The Morgan fingerprint density at radius 1 is 1.24 bits per heavy atom. The van der Waals surface area contributed by atoms with Gasteiger partial charge in [-0.1, -0.05) is 0 Å². The Balaban J connectivity index is 1.96. The smallest absolute Gasteiger partial charge is 0.323 e. The Bertz CT molecular complexity index is 748. The molecule has 0 aromatic heterocycles. The Morgan fingerprint density at radius 2 is 1.92 bits per heavy atom. The summed E-state index contributed by atoms with van der Waals surface area (Å²) in [5.74, 6) is -0.757. The third kappa shape index (κ3) is 5.33. The molecule has 0 fully saturated rings. The van der Waals surface area contributed by atoms with Gasteiger partial charge in [0.25, 0.3) is 0 Å². The Kier molecular flexibility index (Phi) is 6.21. The fraction of sp³-hybridized carbons (Fsp3) is 0.467. The SMILES string of the molecule is CN(CC(=O)O)C(=O)CCNS(=O)(=O)c1ccc2c(c1)OCCCO2. The Hall–Kier alpha value is -2.33. The number of benzene rings is 1. The van der Waals surface area contributed by atoms with Gasteiger partial charge in [-0.2, -0.15) is 0 Å². The fourth-order valence-corrected chi connectivity index (χ4v) is 3.22. The summed E-state index contributed by atoms with van der Waals surface area (Å²) in [5, 5.41) is 8.63. The van der Waals surface area contributed by atoms with Crippen LogP contribution >= 0.6 is 0 Å². The van der Waals surface area contributed by atoms with Crippen molar-refractivity contribution in [3.63, 3.8) is 0 Å². The predicted molar refractivity (Wildman–Crippen MR) is 87.1 cm³/mol. The van der Waals surface area contributed by atoms with Gasteiger partial charge in [0, 0.05) is 32.5 Å². The van der Waals surface area contributed by atoms with Crippen molar-refractivity contribution in [1.82, 2.24) is 9.62 Å². The summed E-state index contributed by atoms with van der Waals surface area (Å²) in [6, 6.07) is 4.30. The van der Waals surface area contributed by atoms with E-state index in [0.29, 0.717) is 31.1 Å². The summed E-state index contributed by atoms with van der Waals surface area (Å²) in [4.78, 5) is 23.3. The number of sulfonamides is 1. The van der Waals surface area contributed by atoms with E-state index in [1.807, 2.05) is 0 Å². The lowest BCUT2D eigenvalue weighted by atomic mass is 10.3. The molecule has 25 heavy (non-hydrogen) atoms. The number of carbonyl (C=O) groups excluding carboxylic acids is 1. The number of ether oxygens (including phenoxy) is 2. The summed E-state index contributed by atoms with van der Waals surface area (Å²) in [6.45, 7) is 0.366. The Labute approximate surface area is 145 Å². The molecule has 0 saturated heterocycles. The van der Waals surface area contributed by atoms with Crippen LogP contribution < -0.4 is 14.2 Å². The molecule has 0 aliphatic carbocycles. The van der Waals surface area contributed by atoms with Crippen LogP contribution in [-0.4, -0.2) is 63.7 Å². The van der Waals surface area contributed by atoms with Crippen molar-refractivity contribution in [2.45, 2.75) is 17.7 Å². The van der Waals surface area contributed by atoms with Gasteiger partial charge in [-0.25, -0.2) is 13.1 Å². The molecule has 0 unspecified atom stereocenters. The molecular formula is C15H20N2O7S. The Morgan fingerprint density at radius 3 is 2.60 bits per heavy atom. The largest absolute Gasteiger partial charge is 0.490 e. The lowest BCUT2D eigenvalue weighted by Gasteiger charge is -2.15. The van der Waals surface area contributed by atoms with Gasteiger partial charge in [-0.3, -0.25) is 9.59 Å². The van der Waals surface area contributed by atoms with Crippen LogP contribution in [0.3, 0.4) is 0 Å². The molecule has 1 aromatic rings. The van der Waals surface area contributed by atoms with Crippen LogP contribution in [-0.2, 0) is 19.6 Å². The van der Waals surface area contributed by atoms with E-state index >= 15 is 0 Å². The minimum Gasteiger partial charge on any atom is -0.490 e. The first-order valence-corrected chi connectivity index (χ1v) is 9.13. The number of rotatable bonds is 7. The summed E-state index contributed by atoms with van der Waals surface area (Å²) >= 11 is 0. The van der Waals surface area contributed by atoms with E-state index in [0.717, 1.165) is 4.90 Å². The molecule has 10 heteroatoms. The average molecular weight is 372 g/mol. The number of hydrogen-bond donors (Lipinski definition) is 2. The molecular weight excluding hydrogens is 352 g/mol. The second-order valence-corrected chi connectivity index (χ2v) is 7.22. The number of carboxylic acid groups (broad SMARTS) is 1. The summed E-state index contributed by atoms with van der Waals surface area (Å²) in [5.41, 5.74) is 0. The van der Waals surface area contributed by atoms with Gasteiger partial charge in [-0.05, 0) is 12.1 Å². The van der Waals surface area contributed by atoms with Crippen LogP contribution in [0.5, 0.6) is 11.5 Å². The van der Waals surface area contributed by atoms with E-state index in [4.69, 9.17) is 14.6 Å². The van der Waals surface area contributed by atoms with Gasteiger partial charge in [-0.15, -0.1) is 0 Å². The molecule has 1 aliphatic heterocycles. The van der Waals surface area contributed by atoms with E-state index in [9.17, 15) is 18.0 Å². The highest BCUT2D eigenvalue weighted by atomic mass is 32.2. The molecule has 1 aliphatic rings. The van der Waals surface area contributed by atoms with Crippen molar-refractivity contribution in [1.29, 1.82) is 0 Å². The molecule has 1 amide bonds. The maximum absolute atomic E-state index is 12.3. The molecule has 2 rings (SSSR count). The zero-order chi connectivity index (χ0) is 18.4. The zero-order valence-electron chi connectivity index (χ0n) is 13.7. The molecule has 9 nitrogen and oxygen atoms in total. The summed E-state index contributed by atoms with van der Waals surface area (Å²) in [7, 11) is -2.48. The number of amides is 1. The average Bonchev–Trinajstić information content (AvgIpc) is 2.78. The van der Waals surface area contributed by atoms with Crippen LogP contribution in [0.2, 0.25) is 0 Å². The standard InChI is InChI=1S/C15H20N2O7S/c1-17(10-15(19)20)14(18)5-6-16-25(21,22)11-3-4-12-13(9-11)24-8-2-7-23-12/h3-4,9,16H,2,5-8,10H2,1H3,(H,19,20). The van der Waals surface area contributed by atoms with E-state index < -0.39 is 28.4 Å². The first-order chi connectivity index (χ1) is 11.8. The highest BCUT2D eigenvalue weighted by molar-refractivity contribution is 7.89. The van der Waals surface area contributed by atoms with Gasteiger partial charge in [0.2, 0.25) is 15.9 Å². The minimum absolute atomic E-state index is 0.00286. The van der Waals surface area contributed by atoms with Crippen LogP contribution in [0.15, 0.2) is 23.1 Å². The van der Waals surface area contributed by atoms with Crippen LogP contribution in [0.25, 0.3) is 0 Å². The second kappa shape index (κ2) is 8.17. The highest BCUT2D eigenvalue weighted by Crippen LogP contribution is 2.31. The molecule has 2 N–H and O–H groups in total. The van der Waals surface area contributed by atoms with Crippen molar-refractivity contribution in [2.24, 2.45) is 0 Å². The fourth-order valence-electron chi connectivity index (χ4n) is 2.17. The number of carbonyl (C=O) groups is 2. The first-order valence-electron chi connectivity index (χ1n) is 7.64. The van der Waals surface area contributed by atoms with E-state index in [2.05, 4.69) is 4.72 Å². The van der Waals surface area contributed by atoms with Crippen LogP contribution in [0, 0.1) is 0 Å². The van der Waals surface area contributed by atoms with Crippen molar-refractivity contribution < 1.29 is 32.6 Å². The van der Waals surface area contributed by atoms with Crippen LogP contribution in [0.4, 0.5) is 0 Å². The summed E-state index contributed by atoms with van der Waals surface area (Å²) < 4.78 is 37.8. The highest BCUT2D eigenvalue weighted by Gasteiger charge is 2.19. The monoisotopic (exact) mass is 372 g/mol. The lowest BCUT2D eigenvalue weighted by molar-refractivity contribution is -0.143. The molecule has 1 aromatic carbocycles. The number of fused-ring (bicyclic) bond motifs is 1. The first kappa shape index (κ1) is 19.0. The molecule has 0 atom stereocenters. The number of aliphatic carboxylic acids is 1. The van der Waals surface area contributed by atoms with Gasteiger partial charge < -0.3 is 19.5 Å². The van der Waals surface area contributed by atoms with Crippen molar-refractivity contribution in [3.8, 4) is 11.5 Å². The number of hydrogen-bond acceptors (Lipinski definition) is 6. The van der Waals surface area contributed by atoms with Gasteiger partial charge in [0.15, 0.2) is 11.5 Å². The number of likely N-dealkylation sites (N-methyl/N-ethyl adjacent to an activating group) is 1. The number of carboxylic acids is 1.